The summed E-state index contributed by atoms with van der Waals surface area (Å²) in [4.78, 5) is 33.6. The average molecular weight is 569 g/mol. The second-order valence-corrected chi connectivity index (χ2v) is 11.8. The molecule has 1 aromatic heterocycles. The van der Waals surface area contributed by atoms with Crippen molar-refractivity contribution >= 4 is 44.1 Å². The summed E-state index contributed by atoms with van der Waals surface area (Å²) in [7, 11) is 0. The first-order valence-electron chi connectivity index (χ1n) is 14.0. The third-order valence-corrected chi connectivity index (χ3v) is 8.60. The number of fused-ring (bicyclic) bond motifs is 2. The Hall–Kier alpha value is -4.17. The number of ketones is 1. The van der Waals surface area contributed by atoms with E-state index >= 15 is 0 Å². The molecule has 210 valence electrons. The number of aliphatic hydroxyl groups is 1. The maximum Gasteiger partial charge on any atom is 0.301 e. The molecule has 0 spiro atoms. The van der Waals surface area contributed by atoms with E-state index in [9.17, 15) is 14.7 Å². The largest absolute Gasteiger partial charge is 0.507 e. The molecule has 2 aliphatic heterocycles. The lowest BCUT2D eigenvalue weighted by Crippen LogP contribution is -2.29. The van der Waals surface area contributed by atoms with Gasteiger partial charge in [0.2, 0.25) is 0 Å². The molecule has 3 heterocycles. The van der Waals surface area contributed by atoms with Gasteiger partial charge in [0.05, 0.1) is 28.4 Å². The summed E-state index contributed by atoms with van der Waals surface area (Å²) < 4.78 is 12.6. The molecule has 3 aromatic carbocycles. The van der Waals surface area contributed by atoms with Gasteiger partial charge in [0.15, 0.2) is 5.13 Å². The molecule has 8 heteroatoms. The van der Waals surface area contributed by atoms with Crippen LogP contribution in [0.1, 0.15) is 60.5 Å². The Balaban J connectivity index is 1.48. The Morgan fingerprint density at radius 1 is 1.12 bits per heavy atom. The first kappa shape index (κ1) is 27.0. The third kappa shape index (κ3) is 4.86. The number of aromatic nitrogens is 1. The first-order chi connectivity index (χ1) is 19.7. The summed E-state index contributed by atoms with van der Waals surface area (Å²) in [5.41, 5.74) is 5.03. The molecule has 1 saturated heterocycles. The monoisotopic (exact) mass is 568 g/mol. The molecule has 2 atom stereocenters. The van der Waals surface area contributed by atoms with E-state index in [2.05, 4.69) is 6.92 Å². The van der Waals surface area contributed by atoms with Gasteiger partial charge < -0.3 is 14.6 Å². The van der Waals surface area contributed by atoms with Gasteiger partial charge in [-0.2, -0.15) is 0 Å². The van der Waals surface area contributed by atoms with E-state index in [1.54, 1.807) is 12.1 Å². The number of benzene rings is 3. The van der Waals surface area contributed by atoms with Crippen LogP contribution in [-0.4, -0.2) is 34.5 Å². The van der Waals surface area contributed by atoms with E-state index in [1.807, 2.05) is 63.2 Å². The summed E-state index contributed by atoms with van der Waals surface area (Å²) in [5.74, 6) is -0.197. The van der Waals surface area contributed by atoms with Crippen molar-refractivity contribution in [3.05, 3.63) is 88.0 Å². The van der Waals surface area contributed by atoms with Crippen molar-refractivity contribution in [1.82, 2.24) is 4.98 Å². The Morgan fingerprint density at radius 3 is 2.66 bits per heavy atom. The number of thiazole rings is 1. The number of carbonyl (C=O) groups excluding carboxylic acids is 2. The molecule has 0 saturated carbocycles. The average Bonchev–Trinajstić information content (AvgIpc) is 3.61. The fourth-order valence-electron chi connectivity index (χ4n) is 5.61. The molecule has 2 unspecified atom stereocenters. The van der Waals surface area contributed by atoms with Gasteiger partial charge >= 0.3 is 5.91 Å². The number of ether oxygens (including phenoxy) is 2. The molecule has 1 fully saturated rings. The standard InChI is InChI=1S/C33H32N2O5S/c1-5-6-13-39-24-10-7-21(8-11-24)29-27(30(36)22-9-12-25-23(17-22)16-20(4)40-25)31(37)32(38)35(29)33-34-28-19(3)14-18(2)15-26(28)41-33/h7-12,14-15,17,20,29,36H,5-6,13,16H2,1-4H3/b30-27-. The minimum Gasteiger partial charge on any atom is -0.507 e. The van der Waals surface area contributed by atoms with Crippen molar-refractivity contribution in [2.45, 2.75) is 59.1 Å². The topological polar surface area (TPSA) is 89.0 Å². The molecule has 0 radical (unpaired) electrons. The number of amides is 1. The van der Waals surface area contributed by atoms with Crippen LogP contribution >= 0.6 is 11.3 Å². The number of aliphatic hydroxyl groups excluding tert-OH is 1. The predicted octanol–water partition coefficient (Wildman–Crippen LogP) is 7.04. The maximum absolute atomic E-state index is 13.7. The molecule has 1 amide bonds. The fourth-order valence-corrected chi connectivity index (χ4v) is 6.78. The Labute approximate surface area is 243 Å². The number of carbonyl (C=O) groups is 2. The summed E-state index contributed by atoms with van der Waals surface area (Å²) in [6, 6.07) is 16.0. The molecule has 4 aromatic rings. The minimum absolute atomic E-state index is 0.0359. The lowest BCUT2D eigenvalue weighted by Gasteiger charge is -2.23. The van der Waals surface area contributed by atoms with Crippen LogP contribution in [0.25, 0.3) is 16.0 Å². The minimum atomic E-state index is -0.856. The molecule has 41 heavy (non-hydrogen) atoms. The third-order valence-electron chi connectivity index (χ3n) is 7.60. The quantitative estimate of drug-likeness (QED) is 0.111. The number of hydrogen-bond donors (Lipinski definition) is 1. The SMILES string of the molecule is CCCCOc1ccc(C2/C(=C(/O)c3ccc4c(c3)CC(C)O4)C(=O)C(=O)N2c2nc3c(C)cc(C)cc3s2)cc1. The van der Waals surface area contributed by atoms with Gasteiger partial charge in [-0.3, -0.25) is 14.5 Å². The highest BCUT2D eigenvalue weighted by molar-refractivity contribution is 7.22. The maximum atomic E-state index is 13.7. The van der Waals surface area contributed by atoms with Crippen LogP contribution in [0, 0.1) is 13.8 Å². The highest BCUT2D eigenvalue weighted by Crippen LogP contribution is 2.45. The number of Topliss-reactive ketones (excluding diaryl/α,β-unsaturated/α-hetero) is 1. The molecule has 2 aliphatic rings. The smallest absolute Gasteiger partial charge is 0.301 e. The van der Waals surface area contributed by atoms with Crippen LogP contribution in [0.5, 0.6) is 11.5 Å². The number of nitrogens with zero attached hydrogens (tertiary/aromatic N) is 2. The van der Waals surface area contributed by atoms with Crippen molar-refractivity contribution < 1.29 is 24.2 Å². The van der Waals surface area contributed by atoms with E-state index < -0.39 is 17.7 Å². The number of unbranched alkanes of at least 4 members (excludes halogenated alkanes) is 1. The van der Waals surface area contributed by atoms with E-state index in [0.29, 0.717) is 35.0 Å². The molecular weight excluding hydrogens is 536 g/mol. The number of rotatable bonds is 7. The lowest BCUT2D eigenvalue weighted by molar-refractivity contribution is -0.132. The normalized spacial score (nSPS) is 19.6. The van der Waals surface area contributed by atoms with Crippen molar-refractivity contribution in [3.63, 3.8) is 0 Å². The van der Waals surface area contributed by atoms with E-state index in [-0.39, 0.29) is 17.4 Å². The predicted molar refractivity (Wildman–Crippen MR) is 161 cm³/mol. The van der Waals surface area contributed by atoms with Gasteiger partial charge in [-0.05, 0) is 85.8 Å². The zero-order valence-electron chi connectivity index (χ0n) is 23.6. The van der Waals surface area contributed by atoms with Crippen LogP contribution in [0.4, 0.5) is 5.13 Å². The second kappa shape index (κ2) is 10.7. The van der Waals surface area contributed by atoms with Crippen molar-refractivity contribution in [3.8, 4) is 11.5 Å². The molecular formula is C33H32N2O5S. The molecule has 7 nitrogen and oxygen atoms in total. The van der Waals surface area contributed by atoms with Crippen molar-refractivity contribution in [2.24, 2.45) is 0 Å². The Bertz CT molecular complexity index is 1700. The highest BCUT2D eigenvalue weighted by atomic mass is 32.1. The van der Waals surface area contributed by atoms with Crippen LogP contribution in [0.15, 0.2) is 60.2 Å². The van der Waals surface area contributed by atoms with Gasteiger partial charge in [-0.25, -0.2) is 4.98 Å². The van der Waals surface area contributed by atoms with Crippen LogP contribution in [-0.2, 0) is 16.0 Å². The summed E-state index contributed by atoms with van der Waals surface area (Å²) in [6.07, 6.45) is 2.72. The van der Waals surface area contributed by atoms with Gasteiger partial charge in [-0.1, -0.05) is 42.9 Å². The zero-order valence-corrected chi connectivity index (χ0v) is 24.4. The van der Waals surface area contributed by atoms with Crippen molar-refractivity contribution in [1.29, 1.82) is 0 Å². The highest BCUT2D eigenvalue weighted by Gasteiger charge is 2.48. The number of hydrogen-bond acceptors (Lipinski definition) is 7. The zero-order chi connectivity index (χ0) is 28.8. The van der Waals surface area contributed by atoms with Gasteiger partial charge in [0.1, 0.15) is 23.4 Å². The first-order valence-corrected chi connectivity index (χ1v) is 14.8. The van der Waals surface area contributed by atoms with Gasteiger partial charge in [-0.15, -0.1) is 0 Å². The molecule has 0 aliphatic carbocycles. The Kier molecular flexibility index (Phi) is 7.03. The van der Waals surface area contributed by atoms with Gasteiger partial charge in [0, 0.05) is 12.0 Å². The van der Waals surface area contributed by atoms with Gasteiger partial charge in [0.25, 0.3) is 5.78 Å². The summed E-state index contributed by atoms with van der Waals surface area (Å²) in [5, 5.41) is 12.0. The molecule has 6 rings (SSSR count). The lowest BCUT2D eigenvalue weighted by atomic mass is 9.94. The van der Waals surface area contributed by atoms with Crippen molar-refractivity contribution in [2.75, 3.05) is 11.5 Å². The second-order valence-electron chi connectivity index (χ2n) is 10.8. The van der Waals surface area contributed by atoms with E-state index in [1.165, 1.54) is 16.2 Å². The van der Waals surface area contributed by atoms with E-state index in [4.69, 9.17) is 14.5 Å². The fraction of sp³-hybridized carbons (Fsp3) is 0.303. The molecule has 1 N–H and O–H groups in total. The van der Waals surface area contributed by atoms with Crippen LogP contribution in [0.3, 0.4) is 0 Å². The number of anilines is 1. The number of aryl methyl sites for hydroxylation is 2. The van der Waals surface area contributed by atoms with E-state index in [0.717, 1.165) is 45.5 Å². The molecule has 0 bridgehead atoms. The Morgan fingerprint density at radius 2 is 1.90 bits per heavy atom. The van der Waals surface area contributed by atoms with Crippen LogP contribution < -0.4 is 14.4 Å². The summed E-state index contributed by atoms with van der Waals surface area (Å²) in [6.45, 7) is 8.71. The van der Waals surface area contributed by atoms with Crippen LogP contribution in [0.2, 0.25) is 0 Å². The summed E-state index contributed by atoms with van der Waals surface area (Å²) >= 11 is 1.37.